The van der Waals surface area contributed by atoms with Crippen LogP contribution in [-0.4, -0.2) is 40.4 Å². The predicted octanol–water partition coefficient (Wildman–Crippen LogP) is 0.569. The summed E-state index contributed by atoms with van der Waals surface area (Å²) in [6.07, 6.45) is 4.74. The van der Waals surface area contributed by atoms with E-state index in [4.69, 9.17) is 17.3 Å². The minimum absolute atomic E-state index is 0.584. The Morgan fingerprint density at radius 1 is 1.57 bits per heavy atom. The summed E-state index contributed by atoms with van der Waals surface area (Å²) in [5.41, 5.74) is 5.61. The zero-order chi connectivity index (χ0) is 9.97. The number of rotatable bonds is 4. The molecule has 0 radical (unpaired) electrons. The van der Waals surface area contributed by atoms with E-state index in [1.807, 2.05) is 10.9 Å². The van der Waals surface area contributed by atoms with Gasteiger partial charge in [-0.05, 0) is 6.42 Å². The zero-order valence-electron chi connectivity index (χ0n) is 8.06. The van der Waals surface area contributed by atoms with Crippen molar-refractivity contribution in [2.75, 3.05) is 19.6 Å². The first-order valence-corrected chi connectivity index (χ1v) is 5.29. The fourth-order valence-electron chi connectivity index (χ4n) is 1.75. The molecule has 0 aromatic carbocycles. The minimum atomic E-state index is 0.584. The Morgan fingerprint density at radius 2 is 2.43 bits per heavy atom. The quantitative estimate of drug-likeness (QED) is 0.797. The lowest BCUT2D eigenvalue weighted by Gasteiger charge is -2.40. The van der Waals surface area contributed by atoms with Crippen molar-refractivity contribution in [3.8, 4) is 0 Å². The van der Waals surface area contributed by atoms with Crippen molar-refractivity contribution in [1.29, 1.82) is 0 Å². The van der Waals surface area contributed by atoms with E-state index in [0.29, 0.717) is 11.1 Å². The first kappa shape index (κ1) is 9.96. The number of nitrogens with zero attached hydrogens (tertiary/aromatic N) is 3. The molecule has 0 aliphatic carbocycles. The Kier molecular flexibility index (Phi) is 3.05. The van der Waals surface area contributed by atoms with Gasteiger partial charge in [-0.1, -0.05) is 11.6 Å². The van der Waals surface area contributed by atoms with Crippen molar-refractivity contribution in [1.82, 2.24) is 14.7 Å². The van der Waals surface area contributed by atoms with Gasteiger partial charge < -0.3 is 5.73 Å². The highest BCUT2D eigenvalue weighted by molar-refractivity contribution is 6.30. The van der Waals surface area contributed by atoms with Gasteiger partial charge in [0.05, 0.1) is 17.8 Å². The van der Waals surface area contributed by atoms with Crippen LogP contribution in [0.25, 0.3) is 0 Å². The molecule has 78 valence electrons. The van der Waals surface area contributed by atoms with Gasteiger partial charge in [-0.15, -0.1) is 0 Å². The monoisotopic (exact) mass is 214 g/mol. The minimum Gasteiger partial charge on any atom is -0.329 e. The maximum atomic E-state index is 5.76. The van der Waals surface area contributed by atoms with Crippen LogP contribution in [0.1, 0.15) is 6.42 Å². The number of hydrogen-bond acceptors (Lipinski definition) is 3. The normalized spacial score (nSPS) is 22.3. The highest BCUT2D eigenvalue weighted by atomic mass is 35.5. The molecule has 1 aromatic rings. The second-order valence-corrected chi connectivity index (χ2v) is 4.07. The average molecular weight is 215 g/mol. The maximum Gasteiger partial charge on any atom is 0.0785 e. The summed E-state index contributed by atoms with van der Waals surface area (Å²) in [4.78, 5) is 2.38. The molecular weight excluding hydrogens is 200 g/mol. The van der Waals surface area contributed by atoms with Crippen LogP contribution in [0.5, 0.6) is 0 Å². The van der Waals surface area contributed by atoms with Crippen LogP contribution in [-0.2, 0) is 6.54 Å². The summed E-state index contributed by atoms with van der Waals surface area (Å²) in [6.45, 7) is 3.83. The smallest absolute Gasteiger partial charge is 0.0785 e. The number of aromatic nitrogens is 2. The van der Waals surface area contributed by atoms with Crippen LogP contribution in [0.15, 0.2) is 12.4 Å². The molecule has 0 bridgehead atoms. The number of hydrogen-bond donors (Lipinski definition) is 1. The third kappa shape index (κ3) is 2.08. The molecule has 2 rings (SSSR count). The molecule has 14 heavy (non-hydrogen) atoms. The second-order valence-electron chi connectivity index (χ2n) is 3.64. The molecule has 1 fully saturated rings. The molecule has 1 atom stereocenters. The highest BCUT2D eigenvalue weighted by Crippen LogP contribution is 2.15. The Bertz CT molecular complexity index is 297. The van der Waals surface area contributed by atoms with Crippen molar-refractivity contribution in [2.45, 2.75) is 19.0 Å². The summed E-state index contributed by atoms with van der Waals surface area (Å²) in [5.74, 6) is 0. The summed E-state index contributed by atoms with van der Waals surface area (Å²) in [5, 5.41) is 4.82. The standard InChI is InChI=1S/C9H15ClN4/c10-8-6-12-14(7-8)4-3-13-2-1-9(13)5-11/h6-7,9H,1-5,11H2. The van der Waals surface area contributed by atoms with Crippen molar-refractivity contribution >= 4 is 11.6 Å². The van der Waals surface area contributed by atoms with Crippen LogP contribution in [0, 0.1) is 0 Å². The van der Waals surface area contributed by atoms with Crippen molar-refractivity contribution in [3.63, 3.8) is 0 Å². The number of likely N-dealkylation sites (tertiary alicyclic amines) is 1. The summed E-state index contributed by atoms with van der Waals surface area (Å²) >= 11 is 5.76. The molecule has 0 spiro atoms. The van der Waals surface area contributed by atoms with Crippen molar-refractivity contribution in [2.24, 2.45) is 5.73 Å². The molecule has 1 aliphatic heterocycles. The molecule has 1 unspecified atom stereocenters. The average Bonchev–Trinajstić information content (AvgIpc) is 2.51. The molecule has 1 aliphatic rings. The van der Waals surface area contributed by atoms with Gasteiger partial charge >= 0.3 is 0 Å². The Hall–Kier alpha value is -0.580. The molecular formula is C9H15ClN4. The molecule has 2 N–H and O–H groups in total. The Morgan fingerprint density at radius 3 is 2.93 bits per heavy atom. The first-order valence-electron chi connectivity index (χ1n) is 4.91. The van der Waals surface area contributed by atoms with E-state index in [1.165, 1.54) is 6.42 Å². The molecule has 2 heterocycles. The van der Waals surface area contributed by atoms with Gasteiger partial charge in [0.2, 0.25) is 0 Å². The van der Waals surface area contributed by atoms with Crippen LogP contribution in [0.2, 0.25) is 5.02 Å². The number of nitrogens with two attached hydrogens (primary N) is 1. The summed E-state index contributed by atoms with van der Waals surface area (Å²) in [7, 11) is 0. The van der Waals surface area contributed by atoms with E-state index in [-0.39, 0.29) is 0 Å². The van der Waals surface area contributed by atoms with Gasteiger partial charge in [-0.2, -0.15) is 5.10 Å². The Balaban J connectivity index is 1.77. The predicted molar refractivity (Wildman–Crippen MR) is 56.3 cm³/mol. The molecule has 0 amide bonds. The topological polar surface area (TPSA) is 47.1 Å². The third-order valence-electron chi connectivity index (χ3n) is 2.76. The van der Waals surface area contributed by atoms with Gasteiger partial charge in [0, 0.05) is 31.9 Å². The van der Waals surface area contributed by atoms with Crippen LogP contribution >= 0.6 is 11.6 Å². The Labute approximate surface area is 88.6 Å². The van der Waals surface area contributed by atoms with Crippen LogP contribution in [0.4, 0.5) is 0 Å². The fraction of sp³-hybridized carbons (Fsp3) is 0.667. The second kappa shape index (κ2) is 4.29. The van der Waals surface area contributed by atoms with Crippen molar-refractivity contribution < 1.29 is 0 Å². The van der Waals surface area contributed by atoms with E-state index >= 15 is 0 Å². The molecule has 5 heteroatoms. The molecule has 4 nitrogen and oxygen atoms in total. The molecule has 1 saturated heterocycles. The lowest BCUT2D eigenvalue weighted by Crippen LogP contribution is -2.52. The fourth-order valence-corrected chi connectivity index (χ4v) is 1.90. The maximum absolute atomic E-state index is 5.76. The van der Waals surface area contributed by atoms with Crippen molar-refractivity contribution in [3.05, 3.63) is 17.4 Å². The summed E-state index contributed by atoms with van der Waals surface area (Å²) < 4.78 is 1.87. The van der Waals surface area contributed by atoms with Gasteiger partial charge in [0.1, 0.15) is 0 Å². The highest BCUT2D eigenvalue weighted by Gasteiger charge is 2.25. The molecule has 1 aromatic heterocycles. The number of halogens is 1. The van der Waals surface area contributed by atoms with E-state index in [2.05, 4.69) is 10.00 Å². The lowest BCUT2D eigenvalue weighted by molar-refractivity contribution is 0.0911. The van der Waals surface area contributed by atoms with E-state index < -0.39 is 0 Å². The van der Waals surface area contributed by atoms with Crippen LogP contribution < -0.4 is 5.73 Å². The van der Waals surface area contributed by atoms with E-state index in [0.717, 1.165) is 26.2 Å². The molecule has 0 saturated carbocycles. The summed E-state index contributed by atoms with van der Waals surface area (Å²) in [6, 6.07) is 0.584. The first-order chi connectivity index (χ1) is 6.79. The van der Waals surface area contributed by atoms with Crippen LogP contribution in [0.3, 0.4) is 0 Å². The van der Waals surface area contributed by atoms with E-state index in [9.17, 15) is 0 Å². The largest absolute Gasteiger partial charge is 0.329 e. The lowest BCUT2D eigenvalue weighted by atomic mass is 10.0. The van der Waals surface area contributed by atoms with E-state index in [1.54, 1.807) is 6.20 Å². The zero-order valence-corrected chi connectivity index (χ0v) is 8.82. The van der Waals surface area contributed by atoms with Gasteiger partial charge in [0.15, 0.2) is 0 Å². The van der Waals surface area contributed by atoms with Gasteiger partial charge in [0.25, 0.3) is 0 Å². The SMILES string of the molecule is NCC1CCN1CCn1cc(Cl)cn1. The van der Waals surface area contributed by atoms with Gasteiger partial charge in [-0.25, -0.2) is 0 Å². The third-order valence-corrected chi connectivity index (χ3v) is 2.95. The van der Waals surface area contributed by atoms with Gasteiger partial charge in [-0.3, -0.25) is 9.58 Å².